The zero-order chi connectivity index (χ0) is 14.3. The van der Waals surface area contributed by atoms with E-state index in [0.717, 1.165) is 23.9 Å². The average Bonchev–Trinajstić information content (AvgIpc) is 2.37. The summed E-state index contributed by atoms with van der Waals surface area (Å²) >= 11 is 3.45. The molecule has 2 nitrogen and oxygen atoms in total. The molecule has 0 spiro atoms. The third kappa shape index (κ3) is 6.75. The lowest BCUT2D eigenvalue weighted by atomic mass is 9.87. The van der Waals surface area contributed by atoms with Gasteiger partial charge < -0.3 is 5.32 Å². The molecule has 1 rings (SSSR count). The Hall–Kier alpha value is -0.850. The fourth-order valence-electron chi connectivity index (χ4n) is 1.98. The lowest BCUT2D eigenvalue weighted by Gasteiger charge is -2.26. The molecule has 0 aliphatic rings. The first kappa shape index (κ1) is 16.2. The summed E-state index contributed by atoms with van der Waals surface area (Å²) in [5.74, 6) is 0. The molecule has 19 heavy (non-hydrogen) atoms. The zero-order valence-electron chi connectivity index (χ0n) is 12.0. The molecule has 0 heterocycles. The Morgan fingerprint density at radius 3 is 2.53 bits per heavy atom. The number of rotatable bonds is 7. The fourth-order valence-corrected chi connectivity index (χ4v) is 2.24. The van der Waals surface area contributed by atoms with Gasteiger partial charge in [0.25, 0.3) is 0 Å². The molecule has 1 aromatic carbocycles. The standard InChI is InChI=1S/C16H23BrN2/c1-13(11-14-5-7-15(17)8-6-14)19-12-16(2,3)9-4-10-18/h5-8,13,19H,4,9,11-12H2,1-3H3. The van der Waals surface area contributed by atoms with Crippen molar-refractivity contribution in [2.45, 2.75) is 46.1 Å². The highest BCUT2D eigenvalue weighted by Gasteiger charge is 2.18. The van der Waals surface area contributed by atoms with Crippen molar-refractivity contribution in [2.75, 3.05) is 6.54 Å². The molecular formula is C16H23BrN2. The molecule has 1 unspecified atom stereocenters. The number of hydrogen-bond acceptors (Lipinski definition) is 2. The molecule has 0 aliphatic heterocycles. The Labute approximate surface area is 125 Å². The number of nitrogens with one attached hydrogen (secondary N) is 1. The summed E-state index contributed by atoms with van der Waals surface area (Å²) in [5, 5.41) is 12.2. The molecule has 1 N–H and O–H groups in total. The van der Waals surface area contributed by atoms with Crippen LogP contribution in [0.3, 0.4) is 0 Å². The van der Waals surface area contributed by atoms with Crippen molar-refractivity contribution in [1.82, 2.24) is 5.32 Å². The minimum atomic E-state index is 0.184. The Morgan fingerprint density at radius 1 is 1.32 bits per heavy atom. The Kier molecular flexibility index (Phi) is 6.54. The first-order valence-corrected chi connectivity index (χ1v) is 7.57. The van der Waals surface area contributed by atoms with Gasteiger partial charge in [-0.1, -0.05) is 41.9 Å². The molecule has 1 aromatic rings. The van der Waals surface area contributed by atoms with E-state index in [0.29, 0.717) is 12.5 Å². The Bertz CT molecular complexity index is 417. The van der Waals surface area contributed by atoms with Crippen LogP contribution in [0.15, 0.2) is 28.7 Å². The van der Waals surface area contributed by atoms with Crippen LogP contribution in [0.1, 0.15) is 39.2 Å². The summed E-state index contributed by atoms with van der Waals surface area (Å²) < 4.78 is 1.12. The van der Waals surface area contributed by atoms with Crippen LogP contribution in [-0.4, -0.2) is 12.6 Å². The summed E-state index contributed by atoms with van der Waals surface area (Å²) in [6.07, 6.45) is 2.61. The first-order valence-electron chi connectivity index (χ1n) is 6.78. The summed E-state index contributed by atoms with van der Waals surface area (Å²) in [6, 6.07) is 11.1. The van der Waals surface area contributed by atoms with E-state index in [1.54, 1.807) is 0 Å². The van der Waals surface area contributed by atoms with Gasteiger partial charge in [0.1, 0.15) is 0 Å². The van der Waals surface area contributed by atoms with E-state index in [9.17, 15) is 0 Å². The summed E-state index contributed by atoms with van der Waals surface area (Å²) in [5.41, 5.74) is 1.53. The van der Waals surface area contributed by atoms with Gasteiger partial charge in [0, 0.05) is 23.5 Å². The molecule has 0 saturated carbocycles. The molecule has 0 aliphatic carbocycles. The minimum Gasteiger partial charge on any atom is -0.313 e. The van der Waals surface area contributed by atoms with Gasteiger partial charge in [-0.05, 0) is 42.9 Å². The van der Waals surface area contributed by atoms with E-state index in [2.05, 4.69) is 72.4 Å². The third-order valence-electron chi connectivity index (χ3n) is 3.30. The quantitative estimate of drug-likeness (QED) is 0.812. The van der Waals surface area contributed by atoms with Crippen LogP contribution in [0.4, 0.5) is 0 Å². The van der Waals surface area contributed by atoms with Crippen molar-refractivity contribution in [2.24, 2.45) is 5.41 Å². The van der Waals surface area contributed by atoms with Crippen LogP contribution in [0.5, 0.6) is 0 Å². The molecule has 0 saturated heterocycles. The molecule has 1 atom stereocenters. The van der Waals surface area contributed by atoms with Gasteiger partial charge in [-0.2, -0.15) is 5.26 Å². The maximum atomic E-state index is 8.65. The van der Waals surface area contributed by atoms with Gasteiger partial charge in [0.05, 0.1) is 6.07 Å². The average molecular weight is 323 g/mol. The van der Waals surface area contributed by atoms with E-state index in [-0.39, 0.29) is 5.41 Å². The number of benzene rings is 1. The zero-order valence-corrected chi connectivity index (χ0v) is 13.6. The predicted octanol–water partition coefficient (Wildman–Crippen LogP) is 4.30. The van der Waals surface area contributed by atoms with Crippen LogP contribution < -0.4 is 5.32 Å². The molecule has 0 aromatic heterocycles. The van der Waals surface area contributed by atoms with Gasteiger partial charge in [0.15, 0.2) is 0 Å². The van der Waals surface area contributed by atoms with Gasteiger partial charge in [0.2, 0.25) is 0 Å². The lowest BCUT2D eigenvalue weighted by Crippen LogP contribution is -2.36. The van der Waals surface area contributed by atoms with E-state index in [1.165, 1.54) is 5.56 Å². The van der Waals surface area contributed by atoms with Crippen LogP contribution in [0.25, 0.3) is 0 Å². The van der Waals surface area contributed by atoms with Crippen LogP contribution >= 0.6 is 15.9 Å². The highest BCUT2D eigenvalue weighted by atomic mass is 79.9. The predicted molar refractivity (Wildman–Crippen MR) is 83.9 cm³/mol. The second-order valence-electron chi connectivity index (χ2n) is 5.93. The number of nitrogens with zero attached hydrogens (tertiary/aromatic N) is 1. The lowest BCUT2D eigenvalue weighted by molar-refractivity contribution is 0.303. The topological polar surface area (TPSA) is 35.8 Å². The van der Waals surface area contributed by atoms with Crippen molar-refractivity contribution in [1.29, 1.82) is 5.26 Å². The number of nitriles is 1. The normalized spacial score (nSPS) is 13.0. The highest BCUT2D eigenvalue weighted by Crippen LogP contribution is 2.21. The SMILES string of the molecule is CC(Cc1ccc(Br)cc1)NCC(C)(C)CCC#N. The van der Waals surface area contributed by atoms with Gasteiger partial charge in [-0.25, -0.2) is 0 Å². The van der Waals surface area contributed by atoms with Gasteiger partial charge >= 0.3 is 0 Å². The molecule has 0 radical (unpaired) electrons. The molecule has 0 fully saturated rings. The number of halogens is 1. The van der Waals surface area contributed by atoms with Gasteiger partial charge in [-0.15, -0.1) is 0 Å². The number of hydrogen-bond donors (Lipinski definition) is 1. The maximum absolute atomic E-state index is 8.65. The summed E-state index contributed by atoms with van der Waals surface area (Å²) in [7, 11) is 0. The highest BCUT2D eigenvalue weighted by molar-refractivity contribution is 9.10. The molecule has 104 valence electrons. The second kappa shape index (κ2) is 7.67. The summed E-state index contributed by atoms with van der Waals surface area (Å²) in [4.78, 5) is 0. The van der Waals surface area contributed by atoms with E-state index >= 15 is 0 Å². The van der Waals surface area contributed by atoms with Crippen molar-refractivity contribution >= 4 is 15.9 Å². The van der Waals surface area contributed by atoms with Crippen LogP contribution in [-0.2, 0) is 6.42 Å². The molecule has 0 amide bonds. The fraction of sp³-hybridized carbons (Fsp3) is 0.562. The van der Waals surface area contributed by atoms with E-state index in [4.69, 9.17) is 5.26 Å². The first-order chi connectivity index (χ1) is 8.93. The van der Waals surface area contributed by atoms with Crippen LogP contribution in [0.2, 0.25) is 0 Å². The second-order valence-corrected chi connectivity index (χ2v) is 6.85. The van der Waals surface area contributed by atoms with Crippen molar-refractivity contribution in [3.63, 3.8) is 0 Å². The Balaban J connectivity index is 2.37. The maximum Gasteiger partial charge on any atom is 0.0621 e. The monoisotopic (exact) mass is 322 g/mol. The van der Waals surface area contributed by atoms with Crippen molar-refractivity contribution < 1.29 is 0 Å². The molecule has 0 bridgehead atoms. The van der Waals surface area contributed by atoms with Crippen LogP contribution in [0, 0.1) is 16.7 Å². The van der Waals surface area contributed by atoms with E-state index in [1.807, 2.05) is 0 Å². The third-order valence-corrected chi connectivity index (χ3v) is 3.83. The summed E-state index contributed by atoms with van der Waals surface area (Å²) in [6.45, 7) is 7.59. The Morgan fingerprint density at radius 2 is 1.95 bits per heavy atom. The molecule has 3 heteroatoms. The molecular weight excluding hydrogens is 300 g/mol. The van der Waals surface area contributed by atoms with Crippen molar-refractivity contribution in [3.05, 3.63) is 34.3 Å². The van der Waals surface area contributed by atoms with Gasteiger partial charge in [-0.3, -0.25) is 0 Å². The minimum absolute atomic E-state index is 0.184. The smallest absolute Gasteiger partial charge is 0.0621 e. The van der Waals surface area contributed by atoms with Crippen molar-refractivity contribution in [3.8, 4) is 6.07 Å². The van der Waals surface area contributed by atoms with E-state index < -0.39 is 0 Å². The largest absolute Gasteiger partial charge is 0.313 e.